The summed E-state index contributed by atoms with van der Waals surface area (Å²) in [6.07, 6.45) is -3.08. The number of benzene rings is 1. The van der Waals surface area contributed by atoms with Crippen molar-refractivity contribution in [2.45, 2.75) is 25.6 Å². The molecule has 1 aliphatic heterocycles. The topological polar surface area (TPSA) is 12.5 Å². The van der Waals surface area contributed by atoms with Crippen molar-refractivity contribution in [1.82, 2.24) is 0 Å². The Kier molecular flexibility index (Phi) is 3.07. The van der Waals surface area contributed by atoms with Gasteiger partial charge < -0.3 is 9.64 Å². The molecule has 1 saturated heterocycles. The summed E-state index contributed by atoms with van der Waals surface area (Å²) >= 11 is 0. The largest absolute Gasteiger partial charge is 0.573 e. The molecule has 1 aromatic rings. The summed E-state index contributed by atoms with van der Waals surface area (Å²) < 4.78 is 47.4. The van der Waals surface area contributed by atoms with Crippen molar-refractivity contribution in [3.05, 3.63) is 24.3 Å². The Morgan fingerprint density at radius 3 is 2.24 bits per heavy atom. The molecule has 1 heterocycles. The third-order valence-corrected chi connectivity index (χ3v) is 2.64. The zero-order valence-electron chi connectivity index (χ0n) is 10.2. The monoisotopic (exact) mass is 246 g/mol. The highest BCUT2D eigenvalue weighted by Gasteiger charge is 2.31. The second kappa shape index (κ2) is 4.85. The van der Waals surface area contributed by atoms with Gasteiger partial charge in [-0.15, -0.1) is 13.2 Å². The molecule has 0 unspecified atom stereocenters. The lowest BCUT2D eigenvalue weighted by Crippen LogP contribution is -2.29. The van der Waals surface area contributed by atoms with Crippen LogP contribution in [0.2, 0.25) is 0 Å². The van der Waals surface area contributed by atoms with Gasteiger partial charge in [-0.1, -0.05) is 0 Å². The quantitative estimate of drug-likeness (QED) is 0.790. The molecule has 2 nitrogen and oxygen atoms in total. The zero-order chi connectivity index (χ0) is 13.2. The van der Waals surface area contributed by atoms with Gasteiger partial charge in [0.25, 0.3) is 0 Å². The zero-order valence-corrected chi connectivity index (χ0v) is 9.20. The molecular weight excluding hydrogens is 231 g/mol. The third kappa shape index (κ3) is 3.54. The molecule has 0 N–H and O–H groups in total. The Morgan fingerprint density at radius 2 is 1.71 bits per heavy atom. The minimum atomic E-state index is -4.65. The van der Waals surface area contributed by atoms with Crippen molar-refractivity contribution < 1.29 is 19.3 Å². The van der Waals surface area contributed by atoms with Gasteiger partial charge in [0.15, 0.2) is 0 Å². The highest BCUT2D eigenvalue weighted by Crippen LogP contribution is 2.26. The molecule has 1 aromatic carbocycles. The summed E-state index contributed by atoms with van der Waals surface area (Å²) in [6, 6.07) is 5.86. The summed E-state index contributed by atoms with van der Waals surface area (Å²) in [5.41, 5.74) is 0.872. The van der Waals surface area contributed by atoms with Crippen LogP contribution in [-0.4, -0.2) is 19.5 Å². The SMILES string of the molecule is [2H]C1CCN(c2ccc(OC(F)(F)F)cc2)CC1. The molecule has 0 aliphatic carbocycles. The van der Waals surface area contributed by atoms with Crippen molar-refractivity contribution in [1.29, 1.82) is 0 Å². The molecule has 17 heavy (non-hydrogen) atoms. The number of hydrogen-bond donors (Lipinski definition) is 0. The standard InChI is InChI=1S/C12H14F3NO/c13-12(14,15)17-11-6-4-10(5-7-11)16-8-2-1-3-9-16/h4-7H,1-3,8-9H2/i1D. The van der Waals surface area contributed by atoms with Crippen molar-refractivity contribution in [3.8, 4) is 5.75 Å². The first-order chi connectivity index (χ1) is 8.44. The normalized spacial score (nSPS) is 19.0. The van der Waals surface area contributed by atoms with Crippen LogP contribution in [-0.2, 0) is 0 Å². The fourth-order valence-electron chi connectivity index (χ4n) is 1.87. The van der Waals surface area contributed by atoms with Crippen LogP contribution in [0.4, 0.5) is 18.9 Å². The Morgan fingerprint density at radius 1 is 1.12 bits per heavy atom. The molecule has 0 amide bonds. The van der Waals surface area contributed by atoms with Crippen LogP contribution in [0.25, 0.3) is 0 Å². The molecule has 94 valence electrons. The molecule has 0 spiro atoms. The van der Waals surface area contributed by atoms with Crippen LogP contribution < -0.4 is 9.64 Å². The van der Waals surface area contributed by atoms with E-state index in [2.05, 4.69) is 9.64 Å². The highest BCUT2D eigenvalue weighted by atomic mass is 19.4. The summed E-state index contributed by atoms with van der Waals surface area (Å²) in [4.78, 5) is 2.07. The lowest BCUT2D eigenvalue weighted by atomic mass is 10.1. The number of nitrogens with zero attached hydrogens (tertiary/aromatic N) is 1. The number of ether oxygens (including phenoxy) is 1. The second-order valence-corrected chi connectivity index (χ2v) is 3.89. The van der Waals surface area contributed by atoms with E-state index in [4.69, 9.17) is 1.37 Å². The van der Waals surface area contributed by atoms with Gasteiger partial charge in [-0.05, 0) is 43.5 Å². The van der Waals surface area contributed by atoms with Gasteiger partial charge in [-0.2, -0.15) is 0 Å². The molecule has 1 fully saturated rings. The van der Waals surface area contributed by atoms with Gasteiger partial charge in [0.1, 0.15) is 5.75 Å². The molecule has 2 rings (SSSR count). The van der Waals surface area contributed by atoms with Gasteiger partial charge in [0.05, 0.1) is 0 Å². The van der Waals surface area contributed by atoms with Gasteiger partial charge in [-0.25, -0.2) is 0 Å². The molecule has 0 radical (unpaired) electrons. The van der Waals surface area contributed by atoms with Crippen LogP contribution in [0.3, 0.4) is 0 Å². The fraction of sp³-hybridized carbons (Fsp3) is 0.500. The second-order valence-electron chi connectivity index (χ2n) is 3.89. The van der Waals surface area contributed by atoms with E-state index in [1.165, 1.54) is 12.1 Å². The summed E-state index contributed by atoms with van der Waals surface area (Å²) in [6.45, 7) is 1.54. The molecule has 0 saturated carbocycles. The number of alkyl halides is 3. The first-order valence-corrected chi connectivity index (χ1v) is 5.47. The molecule has 5 heteroatoms. The predicted molar refractivity (Wildman–Crippen MR) is 59.2 cm³/mol. The van der Waals surface area contributed by atoms with Gasteiger partial charge in [0.2, 0.25) is 0 Å². The lowest BCUT2D eigenvalue weighted by molar-refractivity contribution is -0.274. The van der Waals surface area contributed by atoms with Crippen LogP contribution in [0.5, 0.6) is 5.75 Å². The summed E-state index contributed by atoms with van der Waals surface area (Å²) in [5, 5.41) is 0. The van der Waals surface area contributed by atoms with E-state index in [0.717, 1.165) is 31.6 Å². The van der Waals surface area contributed by atoms with E-state index in [1.54, 1.807) is 12.1 Å². The maximum atomic E-state index is 12.0. The van der Waals surface area contributed by atoms with Crippen LogP contribution >= 0.6 is 0 Å². The minimum absolute atomic E-state index is 0.0194. The molecule has 1 aliphatic rings. The van der Waals surface area contributed by atoms with Crippen LogP contribution in [0.15, 0.2) is 24.3 Å². The van der Waals surface area contributed by atoms with E-state index in [-0.39, 0.29) is 12.1 Å². The Labute approximate surface area is 99.4 Å². The van der Waals surface area contributed by atoms with Crippen molar-refractivity contribution >= 4 is 5.69 Å². The summed E-state index contributed by atoms with van der Waals surface area (Å²) in [7, 11) is 0. The fourth-order valence-corrected chi connectivity index (χ4v) is 1.87. The predicted octanol–water partition coefficient (Wildman–Crippen LogP) is 3.58. The van der Waals surface area contributed by atoms with Crippen molar-refractivity contribution in [2.75, 3.05) is 18.0 Å². The smallest absolute Gasteiger partial charge is 0.406 e. The average Bonchev–Trinajstić information content (AvgIpc) is 2.29. The maximum Gasteiger partial charge on any atom is 0.573 e. The summed E-state index contributed by atoms with van der Waals surface area (Å²) in [5.74, 6) is -0.207. The Bertz CT molecular complexity index is 385. The van der Waals surface area contributed by atoms with Crippen LogP contribution in [0, 0.1) is 0 Å². The lowest BCUT2D eigenvalue weighted by Gasteiger charge is -2.28. The van der Waals surface area contributed by atoms with Gasteiger partial charge in [0, 0.05) is 20.1 Å². The van der Waals surface area contributed by atoms with E-state index in [0.29, 0.717) is 0 Å². The van der Waals surface area contributed by atoms with Crippen molar-refractivity contribution in [3.63, 3.8) is 0 Å². The van der Waals surface area contributed by atoms with E-state index in [1.807, 2.05) is 0 Å². The third-order valence-electron chi connectivity index (χ3n) is 2.64. The van der Waals surface area contributed by atoms with Crippen molar-refractivity contribution in [2.24, 2.45) is 0 Å². The first kappa shape index (κ1) is 10.7. The number of piperidine rings is 1. The Hall–Kier alpha value is -1.39. The van der Waals surface area contributed by atoms with E-state index >= 15 is 0 Å². The number of hydrogen-bond acceptors (Lipinski definition) is 2. The molecule has 0 aromatic heterocycles. The maximum absolute atomic E-state index is 12.0. The van der Waals surface area contributed by atoms with Crippen LogP contribution in [0.1, 0.15) is 20.6 Å². The van der Waals surface area contributed by atoms with Gasteiger partial charge in [-0.3, -0.25) is 0 Å². The highest BCUT2D eigenvalue weighted by molar-refractivity contribution is 5.49. The Balaban J connectivity index is 1.99. The number of rotatable bonds is 2. The van der Waals surface area contributed by atoms with E-state index < -0.39 is 6.36 Å². The average molecular weight is 246 g/mol. The van der Waals surface area contributed by atoms with Gasteiger partial charge >= 0.3 is 6.36 Å². The minimum Gasteiger partial charge on any atom is -0.406 e. The van der Waals surface area contributed by atoms with E-state index in [9.17, 15) is 13.2 Å². The molecular formula is C12H14F3NO. The molecule has 0 atom stereocenters. The molecule has 0 bridgehead atoms. The first-order valence-electron chi connectivity index (χ1n) is 6.05. The number of anilines is 1. The number of halogens is 3.